The second-order valence-corrected chi connectivity index (χ2v) is 3.88. The predicted octanol–water partition coefficient (Wildman–Crippen LogP) is 1.21. The number of nitrogens with zero attached hydrogens (tertiary/aromatic N) is 2. The van der Waals surface area contributed by atoms with Crippen LogP contribution in [0.4, 0.5) is 0 Å². The van der Waals surface area contributed by atoms with Crippen molar-refractivity contribution in [3.63, 3.8) is 0 Å². The Hall–Kier alpha value is -0.550. The lowest BCUT2D eigenvalue weighted by Crippen LogP contribution is -2.21. The highest BCUT2D eigenvalue weighted by Gasteiger charge is 2.05. The third-order valence-corrected chi connectivity index (χ3v) is 2.52. The fourth-order valence-electron chi connectivity index (χ4n) is 1.06. The summed E-state index contributed by atoms with van der Waals surface area (Å²) >= 11 is 1.87. The molecule has 1 heterocycles. The average Bonchev–Trinajstić information content (AvgIpc) is 2.65. The summed E-state index contributed by atoms with van der Waals surface area (Å²) in [5, 5.41) is 10.0. The van der Waals surface area contributed by atoms with Crippen molar-refractivity contribution in [3.05, 3.63) is 12.2 Å². The van der Waals surface area contributed by atoms with Crippen LogP contribution in [0.15, 0.2) is 6.33 Å². The first kappa shape index (κ1) is 10.5. The molecule has 0 aliphatic carbocycles. The monoisotopic (exact) mass is 200 g/mol. The summed E-state index contributed by atoms with van der Waals surface area (Å²) in [5.74, 6) is 2.11. The lowest BCUT2D eigenvalue weighted by molar-refractivity contribution is 0.547. The predicted molar refractivity (Wildman–Crippen MR) is 55.8 cm³/mol. The first-order chi connectivity index (χ1) is 6.34. The summed E-state index contributed by atoms with van der Waals surface area (Å²) < 4.78 is 0. The highest BCUT2D eigenvalue weighted by molar-refractivity contribution is 7.98. The Labute approximate surface area is 82.9 Å². The molecule has 0 saturated carbocycles. The minimum absolute atomic E-state index is 0.268. The van der Waals surface area contributed by atoms with E-state index in [4.69, 9.17) is 0 Å². The van der Waals surface area contributed by atoms with Gasteiger partial charge in [0.1, 0.15) is 12.2 Å². The van der Waals surface area contributed by atoms with Gasteiger partial charge in [0.05, 0.1) is 6.04 Å². The zero-order chi connectivity index (χ0) is 9.52. The van der Waals surface area contributed by atoms with Crippen LogP contribution in [0.25, 0.3) is 0 Å². The zero-order valence-corrected chi connectivity index (χ0v) is 8.90. The summed E-state index contributed by atoms with van der Waals surface area (Å²) in [6.45, 7) is 3.11. The van der Waals surface area contributed by atoms with E-state index in [1.807, 2.05) is 11.8 Å². The summed E-state index contributed by atoms with van der Waals surface area (Å²) in [7, 11) is 0. The van der Waals surface area contributed by atoms with Gasteiger partial charge >= 0.3 is 0 Å². The van der Waals surface area contributed by atoms with E-state index in [0.29, 0.717) is 0 Å². The number of aromatic nitrogens is 3. The Morgan fingerprint density at radius 1 is 1.69 bits per heavy atom. The van der Waals surface area contributed by atoms with Gasteiger partial charge in [-0.2, -0.15) is 16.9 Å². The summed E-state index contributed by atoms with van der Waals surface area (Å²) in [6, 6.07) is 0.268. The molecule has 0 aliphatic rings. The summed E-state index contributed by atoms with van der Waals surface area (Å²) in [5.41, 5.74) is 0. The molecule has 74 valence electrons. The Bertz CT molecular complexity index is 212. The molecule has 0 aromatic carbocycles. The molecule has 0 saturated heterocycles. The van der Waals surface area contributed by atoms with Crippen molar-refractivity contribution >= 4 is 11.8 Å². The second-order valence-electron chi connectivity index (χ2n) is 2.89. The first-order valence-corrected chi connectivity index (χ1v) is 5.81. The molecule has 0 radical (unpaired) electrons. The highest BCUT2D eigenvalue weighted by atomic mass is 32.2. The van der Waals surface area contributed by atoms with Crippen LogP contribution in [0.5, 0.6) is 0 Å². The molecule has 1 unspecified atom stereocenters. The Kier molecular flexibility index (Phi) is 4.85. The van der Waals surface area contributed by atoms with Crippen LogP contribution in [-0.4, -0.2) is 33.7 Å². The molecule has 5 heteroatoms. The molecular weight excluding hydrogens is 184 g/mol. The van der Waals surface area contributed by atoms with Crippen molar-refractivity contribution in [2.45, 2.75) is 19.4 Å². The topological polar surface area (TPSA) is 53.6 Å². The standard InChI is InChI=1S/C8H16N4S/c1-7(8-10-6-11-12-8)9-4-3-5-13-2/h6-7,9H,3-5H2,1-2H3,(H,10,11,12). The maximum Gasteiger partial charge on any atom is 0.141 e. The zero-order valence-electron chi connectivity index (χ0n) is 8.08. The third-order valence-electron chi connectivity index (χ3n) is 1.82. The molecule has 4 nitrogen and oxygen atoms in total. The van der Waals surface area contributed by atoms with Crippen LogP contribution in [0, 0.1) is 0 Å². The van der Waals surface area contributed by atoms with Gasteiger partial charge in [0.2, 0.25) is 0 Å². The van der Waals surface area contributed by atoms with Gasteiger partial charge in [-0.1, -0.05) is 0 Å². The molecule has 0 bridgehead atoms. The number of thioether (sulfide) groups is 1. The molecule has 0 aliphatic heterocycles. The van der Waals surface area contributed by atoms with Gasteiger partial charge in [0, 0.05) is 0 Å². The largest absolute Gasteiger partial charge is 0.308 e. The number of aromatic amines is 1. The fraction of sp³-hybridized carbons (Fsp3) is 0.750. The molecule has 0 fully saturated rings. The molecule has 2 N–H and O–H groups in total. The minimum Gasteiger partial charge on any atom is -0.308 e. The molecule has 1 aromatic heterocycles. The van der Waals surface area contributed by atoms with Crippen LogP contribution in [0.2, 0.25) is 0 Å². The van der Waals surface area contributed by atoms with E-state index >= 15 is 0 Å². The Morgan fingerprint density at radius 2 is 2.54 bits per heavy atom. The lowest BCUT2D eigenvalue weighted by Gasteiger charge is -2.09. The van der Waals surface area contributed by atoms with Crippen LogP contribution in [-0.2, 0) is 0 Å². The maximum absolute atomic E-state index is 4.08. The van der Waals surface area contributed by atoms with Crippen LogP contribution in [0.3, 0.4) is 0 Å². The minimum atomic E-state index is 0.268. The molecular formula is C8H16N4S. The second kappa shape index (κ2) is 5.99. The van der Waals surface area contributed by atoms with E-state index in [2.05, 4.69) is 33.7 Å². The average molecular weight is 200 g/mol. The van der Waals surface area contributed by atoms with E-state index in [9.17, 15) is 0 Å². The molecule has 1 atom stereocenters. The number of rotatable bonds is 6. The van der Waals surface area contributed by atoms with Crippen molar-refractivity contribution in [2.75, 3.05) is 18.6 Å². The van der Waals surface area contributed by atoms with E-state index < -0.39 is 0 Å². The number of hydrogen-bond acceptors (Lipinski definition) is 4. The van der Waals surface area contributed by atoms with Crippen molar-refractivity contribution in [1.82, 2.24) is 20.5 Å². The first-order valence-electron chi connectivity index (χ1n) is 4.42. The van der Waals surface area contributed by atoms with Gasteiger partial charge in [0.15, 0.2) is 0 Å². The van der Waals surface area contributed by atoms with Gasteiger partial charge in [-0.15, -0.1) is 0 Å². The number of H-pyrrole nitrogens is 1. The Balaban J connectivity index is 2.15. The highest BCUT2D eigenvalue weighted by Crippen LogP contribution is 2.03. The van der Waals surface area contributed by atoms with Crippen molar-refractivity contribution in [1.29, 1.82) is 0 Å². The van der Waals surface area contributed by atoms with Gasteiger partial charge < -0.3 is 5.32 Å². The van der Waals surface area contributed by atoms with Crippen molar-refractivity contribution in [3.8, 4) is 0 Å². The molecule has 1 aromatic rings. The SMILES string of the molecule is CSCCCNC(C)c1ncn[nH]1. The molecule has 13 heavy (non-hydrogen) atoms. The normalized spacial score (nSPS) is 13.1. The Morgan fingerprint density at radius 3 is 3.15 bits per heavy atom. The summed E-state index contributed by atoms with van der Waals surface area (Å²) in [6.07, 6.45) is 4.86. The van der Waals surface area contributed by atoms with Gasteiger partial charge in [-0.25, -0.2) is 4.98 Å². The van der Waals surface area contributed by atoms with E-state index in [0.717, 1.165) is 12.4 Å². The fourth-order valence-corrected chi connectivity index (χ4v) is 1.49. The van der Waals surface area contributed by atoms with Crippen molar-refractivity contribution < 1.29 is 0 Å². The van der Waals surface area contributed by atoms with Gasteiger partial charge in [-0.05, 0) is 31.9 Å². The van der Waals surface area contributed by atoms with Crippen molar-refractivity contribution in [2.24, 2.45) is 0 Å². The number of hydrogen-bond donors (Lipinski definition) is 2. The van der Waals surface area contributed by atoms with Gasteiger partial charge in [0.25, 0.3) is 0 Å². The van der Waals surface area contributed by atoms with Gasteiger partial charge in [-0.3, -0.25) is 5.10 Å². The lowest BCUT2D eigenvalue weighted by atomic mass is 10.3. The van der Waals surface area contributed by atoms with E-state index in [-0.39, 0.29) is 6.04 Å². The van der Waals surface area contributed by atoms with Crippen LogP contribution < -0.4 is 5.32 Å². The third kappa shape index (κ3) is 3.78. The molecule has 1 rings (SSSR count). The quantitative estimate of drug-likeness (QED) is 0.678. The summed E-state index contributed by atoms with van der Waals surface area (Å²) in [4.78, 5) is 4.08. The van der Waals surface area contributed by atoms with E-state index in [1.54, 1.807) is 0 Å². The number of nitrogens with one attached hydrogen (secondary N) is 2. The van der Waals surface area contributed by atoms with Crippen LogP contribution in [0.1, 0.15) is 25.2 Å². The van der Waals surface area contributed by atoms with E-state index in [1.165, 1.54) is 18.5 Å². The smallest absolute Gasteiger partial charge is 0.141 e. The maximum atomic E-state index is 4.08. The van der Waals surface area contributed by atoms with Crippen LogP contribution >= 0.6 is 11.8 Å². The molecule has 0 amide bonds. The molecule has 0 spiro atoms.